The Morgan fingerprint density at radius 3 is 2.56 bits per heavy atom. The van der Waals surface area contributed by atoms with Crippen molar-refractivity contribution in [2.75, 3.05) is 12.4 Å². The van der Waals surface area contributed by atoms with Crippen LogP contribution in [0.15, 0.2) is 27.5 Å². The Kier molecular flexibility index (Phi) is 5.73. The SMILES string of the molecule is CNc1c(-c2ccn3c(=O)c(C(=O)O)cc(C4CC4)c3c2C)oc2c1C(C(=O)OC(C)(C)C)CCC2. The van der Waals surface area contributed by atoms with Crippen molar-refractivity contribution >= 4 is 23.1 Å². The van der Waals surface area contributed by atoms with Crippen LogP contribution in [0.2, 0.25) is 0 Å². The average Bonchev–Trinajstić information content (AvgIpc) is 3.58. The van der Waals surface area contributed by atoms with E-state index in [1.165, 1.54) is 4.40 Å². The molecule has 0 bridgehead atoms. The number of hydrogen-bond donors (Lipinski definition) is 2. The zero-order valence-corrected chi connectivity index (χ0v) is 21.4. The first-order chi connectivity index (χ1) is 17.0. The van der Waals surface area contributed by atoms with Crippen LogP contribution >= 0.6 is 0 Å². The van der Waals surface area contributed by atoms with E-state index in [1.807, 2.05) is 34.7 Å². The lowest BCUT2D eigenvalue weighted by Crippen LogP contribution is -2.29. The number of carboxylic acid groups (broad SMARTS) is 1. The molecule has 2 aliphatic rings. The van der Waals surface area contributed by atoms with E-state index in [0.717, 1.165) is 64.9 Å². The molecule has 0 aromatic carbocycles. The zero-order chi connectivity index (χ0) is 25.9. The molecular weight excluding hydrogens is 460 g/mol. The molecule has 0 saturated heterocycles. The van der Waals surface area contributed by atoms with Gasteiger partial charge in [0.1, 0.15) is 16.9 Å². The van der Waals surface area contributed by atoms with E-state index in [4.69, 9.17) is 9.15 Å². The normalized spacial score (nSPS) is 17.6. The Morgan fingerprint density at radius 1 is 1.22 bits per heavy atom. The van der Waals surface area contributed by atoms with Crippen LogP contribution < -0.4 is 10.9 Å². The van der Waals surface area contributed by atoms with Gasteiger partial charge in [0.25, 0.3) is 5.56 Å². The number of carbonyl (C=O) groups excluding carboxylic acids is 1. The fourth-order valence-corrected chi connectivity index (χ4v) is 5.40. The molecule has 2 aliphatic carbocycles. The van der Waals surface area contributed by atoms with E-state index in [0.29, 0.717) is 12.2 Å². The number of pyridine rings is 2. The van der Waals surface area contributed by atoms with Crippen molar-refractivity contribution in [3.8, 4) is 11.3 Å². The highest BCUT2D eigenvalue weighted by atomic mass is 16.6. The van der Waals surface area contributed by atoms with E-state index < -0.39 is 23.0 Å². The number of rotatable bonds is 5. The number of fused-ring (bicyclic) bond motifs is 2. The van der Waals surface area contributed by atoms with Crippen molar-refractivity contribution < 1.29 is 23.8 Å². The van der Waals surface area contributed by atoms with E-state index in [2.05, 4.69) is 5.32 Å². The number of anilines is 1. The third-order valence-corrected chi connectivity index (χ3v) is 7.11. The predicted octanol–water partition coefficient (Wildman–Crippen LogP) is 5.25. The minimum Gasteiger partial charge on any atom is -0.477 e. The smallest absolute Gasteiger partial charge is 0.341 e. The molecule has 3 aromatic heterocycles. The predicted molar refractivity (Wildman–Crippen MR) is 136 cm³/mol. The number of nitrogens with one attached hydrogen (secondary N) is 1. The van der Waals surface area contributed by atoms with Gasteiger partial charge in [-0.2, -0.15) is 0 Å². The highest BCUT2D eigenvalue weighted by molar-refractivity contribution is 5.91. The number of esters is 1. The molecule has 1 saturated carbocycles. The third-order valence-electron chi connectivity index (χ3n) is 7.11. The summed E-state index contributed by atoms with van der Waals surface area (Å²) in [4.78, 5) is 37.8. The number of aromatic carboxylic acids is 1. The van der Waals surface area contributed by atoms with E-state index in [-0.39, 0.29) is 17.5 Å². The molecular formula is C28H32N2O6. The van der Waals surface area contributed by atoms with Crippen LogP contribution in [0.3, 0.4) is 0 Å². The molecule has 0 aliphatic heterocycles. The van der Waals surface area contributed by atoms with Crippen LogP contribution in [0.4, 0.5) is 5.69 Å². The molecule has 8 heteroatoms. The van der Waals surface area contributed by atoms with Crippen LogP contribution in [-0.2, 0) is 16.0 Å². The van der Waals surface area contributed by atoms with E-state index in [9.17, 15) is 19.5 Å². The number of carboxylic acids is 1. The van der Waals surface area contributed by atoms with Gasteiger partial charge in [-0.05, 0) is 82.6 Å². The van der Waals surface area contributed by atoms with Gasteiger partial charge >= 0.3 is 11.9 Å². The van der Waals surface area contributed by atoms with Gasteiger partial charge < -0.3 is 19.6 Å². The Morgan fingerprint density at radius 2 is 1.94 bits per heavy atom. The van der Waals surface area contributed by atoms with Crippen LogP contribution in [0.25, 0.3) is 16.8 Å². The van der Waals surface area contributed by atoms with Gasteiger partial charge in [0.05, 0.1) is 17.1 Å². The lowest BCUT2D eigenvalue weighted by molar-refractivity contribution is -0.157. The summed E-state index contributed by atoms with van der Waals surface area (Å²) in [6.45, 7) is 7.52. The maximum absolute atomic E-state index is 13.1. The number of nitrogens with zero attached hydrogens (tertiary/aromatic N) is 1. The Balaban J connectivity index is 1.70. The molecule has 1 fully saturated rings. The average molecular weight is 493 g/mol. The standard InChI is InChI=1S/C28H32N2O6/c1-14-16(11-12-30-23(14)18(15-9-10-15)13-19(25(30)31)26(32)33)24-22(29-5)21-17(7-6-8-20(21)35-24)27(34)36-28(2,3)4/h11-13,15,17,29H,6-10H2,1-5H3,(H,32,33). The number of ether oxygens (including phenoxy) is 1. The highest BCUT2D eigenvalue weighted by Crippen LogP contribution is 2.48. The number of aryl methyl sites for hydroxylation is 2. The van der Waals surface area contributed by atoms with Crippen molar-refractivity contribution in [1.29, 1.82) is 0 Å². The van der Waals surface area contributed by atoms with Gasteiger partial charge in [-0.25, -0.2) is 4.79 Å². The van der Waals surface area contributed by atoms with Gasteiger partial charge in [-0.15, -0.1) is 0 Å². The van der Waals surface area contributed by atoms with E-state index >= 15 is 0 Å². The van der Waals surface area contributed by atoms with Crippen LogP contribution in [0, 0.1) is 6.92 Å². The first-order valence-electron chi connectivity index (χ1n) is 12.5. The van der Waals surface area contributed by atoms with Crippen LogP contribution in [0.5, 0.6) is 0 Å². The second-order valence-electron chi connectivity index (χ2n) is 10.8. The fraction of sp³-hybridized carbons (Fsp3) is 0.464. The molecule has 1 atom stereocenters. The molecule has 0 radical (unpaired) electrons. The van der Waals surface area contributed by atoms with Gasteiger partial charge in [0.15, 0.2) is 5.76 Å². The topological polar surface area (TPSA) is 110 Å². The first kappa shape index (κ1) is 24.2. The monoisotopic (exact) mass is 492 g/mol. The van der Waals surface area contributed by atoms with Gasteiger partial charge in [-0.1, -0.05) is 0 Å². The molecule has 3 heterocycles. The molecule has 8 nitrogen and oxygen atoms in total. The summed E-state index contributed by atoms with van der Waals surface area (Å²) in [5.74, 6) is -0.269. The summed E-state index contributed by atoms with van der Waals surface area (Å²) in [5, 5.41) is 12.8. The van der Waals surface area contributed by atoms with Crippen molar-refractivity contribution in [2.45, 2.75) is 77.2 Å². The second-order valence-corrected chi connectivity index (χ2v) is 10.8. The molecule has 2 N–H and O–H groups in total. The second kappa shape index (κ2) is 8.54. The number of furan rings is 1. The van der Waals surface area contributed by atoms with Gasteiger partial charge in [0, 0.05) is 30.8 Å². The van der Waals surface area contributed by atoms with Gasteiger partial charge in [-0.3, -0.25) is 14.0 Å². The lowest BCUT2D eigenvalue weighted by atomic mass is 9.85. The van der Waals surface area contributed by atoms with Crippen molar-refractivity contribution in [1.82, 2.24) is 4.40 Å². The zero-order valence-electron chi connectivity index (χ0n) is 21.4. The van der Waals surface area contributed by atoms with Crippen LogP contribution in [0.1, 0.15) is 91.1 Å². The number of carbonyl (C=O) groups is 2. The molecule has 0 spiro atoms. The Labute approximate surface area is 209 Å². The van der Waals surface area contributed by atoms with Crippen molar-refractivity contribution in [3.63, 3.8) is 0 Å². The van der Waals surface area contributed by atoms with Crippen molar-refractivity contribution in [3.05, 3.63) is 56.7 Å². The molecule has 1 unspecified atom stereocenters. The minimum absolute atomic E-state index is 0.217. The summed E-state index contributed by atoms with van der Waals surface area (Å²) in [7, 11) is 1.81. The summed E-state index contributed by atoms with van der Waals surface area (Å²) >= 11 is 0. The van der Waals surface area contributed by atoms with Gasteiger partial charge in [0.2, 0.25) is 0 Å². The number of hydrogen-bond acceptors (Lipinski definition) is 6. The summed E-state index contributed by atoms with van der Waals surface area (Å²) in [5.41, 5.74) is 3.49. The lowest BCUT2D eigenvalue weighted by Gasteiger charge is -2.26. The quantitative estimate of drug-likeness (QED) is 0.468. The maximum atomic E-state index is 13.1. The minimum atomic E-state index is -1.22. The summed E-state index contributed by atoms with van der Waals surface area (Å²) < 4.78 is 13.6. The highest BCUT2D eigenvalue weighted by Gasteiger charge is 2.37. The molecule has 36 heavy (non-hydrogen) atoms. The third kappa shape index (κ3) is 3.98. The van der Waals surface area contributed by atoms with E-state index in [1.54, 1.807) is 18.3 Å². The molecule has 5 rings (SSSR count). The molecule has 0 amide bonds. The summed E-state index contributed by atoms with van der Waals surface area (Å²) in [6, 6.07) is 3.33. The van der Waals surface area contributed by atoms with Crippen LogP contribution in [-0.4, -0.2) is 34.1 Å². The molecule has 190 valence electrons. The number of aromatic nitrogens is 1. The van der Waals surface area contributed by atoms with Crippen molar-refractivity contribution in [2.24, 2.45) is 0 Å². The first-order valence-corrected chi connectivity index (χ1v) is 12.5. The Bertz CT molecular complexity index is 1450. The largest absolute Gasteiger partial charge is 0.477 e. The molecule has 3 aromatic rings. The fourth-order valence-electron chi connectivity index (χ4n) is 5.40. The maximum Gasteiger partial charge on any atom is 0.341 e. The Hall–Kier alpha value is -3.55. The summed E-state index contributed by atoms with van der Waals surface area (Å²) in [6.07, 6.45) is 5.79.